The highest BCUT2D eigenvalue weighted by molar-refractivity contribution is 9.10. The van der Waals surface area contributed by atoms with Gasteiger partial charge in [0.1, 0.15) is 17.3 Å². The lowest BCUT2D eigenvalue weighted by Crippen LogP contribution is -2.12. The third-order valence-corrected chi connectivity index (χ3v) is 2.87. The molecule has 1 N–H and O–H groups in total. The Labute approximate surface area is 119 Å². The van der Waals surface area contributed by atoms with Crippen LogP contribution in [0.25, 0.3) is 0 Å². The fourth-order valence-corrected chi connectivity index (χ4v) is 2.04. The topological polar surface area (TPSA) is 34.1 Å². The minimum absolute atomic E-state index is 0.341. The quantitative estimate of drug-likeness (QED) is 0.906. The molecule has 0 aliphatic carbocycles. The summed E-state index contributed by atoms with van der Waals surface area (Å²) >= 11 is 3.23. The molecule has 0 aliphatic rings. The minimum Gasteiger partial charge on any atom is -0.457 e. The molecular weight excluding hydrogens is 311 g/mol. The summed E-state index contributed by atoms with van der Waals surface area (Å²) in [6.07, 6.45) is 1.68. The van der Waals surface area contributed by atoms with E-state index < -0.39 is 0 Å². The van der Waals surface area contributed by atoms with Gasteiger partial charge in [0.2, 0.25) is 0 Å². The summed E-state index contributed by atoms with van der Waals surface area (Å²) in [7, 11) is 0. The van der Waals surface area contributed by atoms with Gasteiger partial charge in [0.15, 0.2) is 0 Å². The molecule has 0 bridgehead atoms. The van der Waals surface area contributed by atoms with E-state index in [0.717, 1.165) is 12.2 Å². The van der Waals surface area contributed by atoms with Crippen LogP contribution in [0.5, 0.6) is 11.5 Å². The number of aromatic nitrogens is 1. The maximum absolute atomic E-state index is 13.2. The molecule has 1 aromatic heterocycles. The van der Waals surface area contributed by atoms with E-state index >= 15 is 0 Å². The largest absolute Gasteiger partial charge is 0.457 e. The Hall–Kier alpha value is -1.46. The molecule has 0 saturated carbocycles. The van der Waals surface area contributed by atoms with Gasteiger partial charge in [-0.25, -0.2) is 4.39 Å². The molecule has 0 aliphatic heterocycles. The van der Waals surface area contributed by atoms with Crippen LogP contribution in [0, 0.1) is 5.82 Å². The Kier molecular flexibility index (Phi) is 4.87. The maximum Gasteiger partial charge on any atom is 0.131 e. The first-order valence-electron chi connectivity index (χ1n) is 5.97. The predicted molar refractivity (Wildman–Crippen MR) is 75.8 cm³/mol. The lowest BCUT2D eigenvalue weighted by molar-refractivity contribution is 0.474. The maximum atomic E-state index is 13.2. The number of hydrogen-bond donors (Lipinski definition) is 1. The van der Waals surface area contributed by atoms with Gasteiger partial charge in [-0.2, -0.15) is 0 Å². The van der Waals surface area contributed by atoms with Crippen molar-refractivity contribution in [2.75, 3.05) is 6.54 Å². The average Bonchev–Trinajstić information content (AvgIpc) is 2.35. The highest BCUT2D eigenvalue weighted by Gasteiger charge is 2.03. The molecule has 1 aromatic carbocycles. The summed E-state index contributed by atoms with van der Waals surface area (Å²) in [4.78, 5) is 4.23. The van der Waals surface area contributed by atoms with Gasteiger partial charge in [-0.1, -0.05) is 22.9 Å². The molecule has 0 spiro atoms. The number of halogens is 2. The van der Waals surface area contributed by atoms with Gasteiger partial charge in [0.25, 0.3) is 0 Å². The Morgan fingerprint density at radius 2 is 2.11 bits per heavy atom. The standard InChI is InChI=1S/C14H14BrFN2O/c1-2-17-9-12-8-13(3-4-18-12)19-14-6-10(15)5-11(16)7-14/h3-8,17H,2,9H2,1H3. The molecule has 0 saturated heterocycles. The Balaban J connectivity index is 2.13. The van der Waals surface area contributed by atoms with E-state index in [9.17, 15) is 4.39 Å². The van der Waals surface area contributed by atoms with Crippen molar-refractivity contribution < 1.29 is 9.13 Å². The van der Waals surface area contributed by atoms with Crippen LogP contribution in [-0.2, 0) is 6.54 Å². The van der Waals surface area contributed by atoms with Gasteiger partial charge in [0, 0.05) is 29.3 Å². The van der Waals surface area contributed by atoms with Crippen LogP contribution >= 0.6 is 15.9 Å². The zero-order chi connectivity index (χ0) is 13.7. The van der Waals surface area contributed by atoms with E-state index in [-0.39, 0.29) is 5.82 Å². The molecule has 0 radical (unpaired) electrons. The lowest BCUT2D eigenvalue weighted by atomic mass is 10.3. The van der Waals surface area contributed by atoms with E-state index in [2.05, 4.69) is 26.2 Å². The normalized spacial score (nSPS) is 10.5. The first kappa shape index (κ1) is 14.0. The number of nitrogens with zero attached hydrogens (tertiary/aromatic N) is 1. The molecule has 2 rings (SSSR count). The molecule has 100 valence electrons. The first-order chi connectivity index (χ1) is 9.17. The van der Waals surface area contributed by atoms with Crippen molar-refractivity contribution in [1.29, 1.82) is 0 Å². The number of benzene rings is 1. The fourth-order valence-electron chi connectivity index (χ4n) is 1.59. The van der Waals surface area contributed by atoms with Crippen LogP contribution in [0.1, 0.15) is 12.6 Å². The number of rotatable bonds is 5. The first-order valence-corrected chi connectivity index (χ1v) is 6.76. The van der Waals surface area contributed by atoms with E-state index in [4.69, 9.17) is 4.74 Å². The lowest BCUT2D eigenvalue weighted by Gasteiger charge is -2.08. The molecular formula is C14H14BrFN2O. The second-order valence-electron chi connectivity index (χ2n) is 3.97. The van der Waals surface area contributed by atoms with Crippen LogP contribution in [-0.4, -0.2) is 11.5 Å². The number of hydrogen-bond acceptors (Lipinski definition) is 3. The Morgan fingerprint density at radius 3 is 2.84 bits per heavy atom. The molecule has 3 nitrogen and oxygen atoms in total. The highest BCUT2D eigenvalue weighted by Crippen LogP contribution is 2.25. The van der Waals surface area contributed by atoms with Crippen LogP contribution in [0.3, 0.4) is 0 Å². The van der Waals surface area contributed by atoms with Gasteiger partial charge in [-0.3, -0.25) is 4.98 Å². The van der Waals surface area contributed by atoms with E-state index in [1.807, 2.05) is 13.0 Å². The van der Waals surface area contributed by atoms with Gasteiger partial charge < -0.3 is 10.1 Å². The molecule has 0 fully saturated rings. The second-order valence-corrected chi connectivity index (χ2v) is 4.89. The van der Waals surface area contributed by atoms with Crippen LogP contribution in [0.4, 0.5) is 4.39 Å². The average molecular weight is 325 g/mol. The van der Waals surface area contributed by atoms with Crippen molar-refractivity contribution >= 4 is 15.9 Å². The molecule has 5 heteroatoms. The van der Waals surface area contributed by atoms with Gasteiger partial charge in [0.05, 0.1) is 5.69 Å². The highest BCUT2D eigenvalue weighted by atomic mass is 79.9. The summed E-state index contributed by atoms with van der Waals surface area (Å²) < 4.78 is 19.5. The molecule has 0 atom stereocenters. The summed E-state index contributed by atoms with van der Waals surface area (Å²) in [5, 5.41) is 3.19. The van der Waals surface area contributed by atoms with Crippen molar-refractivity contribution in [1.82, 2.24) is 10.3 Å². The Morgan fingerprint density at radius 1 is 1.26 bits per heavy atom. The monoisotopic (exact) mass is 324 g/mol. The van der Waals surface area contributed by atoms with Crippen molar-refractivity contribution in [3.05, 3.63) is 52.5 Å². The van der Waals surface area contributed by atoms with Crippen molar-refractivity contribution in [2.45, 2.75) is 13.5 Å². The summed E-state index contributed by atoms with van der Waals surface area (Å²) in [6.45, 7) is 3.59. The predicted octanol–water partition coefficient (Wildman–Crippen LogP) is 3.89. The van der Waals surface area contributed by atoms with Crippen LogP contribution in [0.15, 0.2) is 41.0 Å². The van der Waals surface area contributed by atoms with Crippen LogP contribution in [0.2, 0.25) is 0 Å². The van der Waals surface area contributed by atoms with Crippen LogP contribution < -0.4 is 10.1 Å². The second kappa shape index (κ2) is 6.63. The minimum atomic E-state index is -0.341. The third kappa shape index (κ3) is 4.29. The van der Waals surface area contributed by atoms with E-state index in [1.54, 1.807) is 18.3 Å². The summed E-state index contributed by atoms with van der Waals surface area (Å²) in [5.41, 5.74) is 0.884. The molecule has 0 amide bonds. The molecule has 0 unspecified atom stereocenters. The molecule has 1 heterocycles. The SMILES string of the molecule is CCNCc1cc(Oc2cc(F)cc(Br)c2)ccn1. The fraction of sp³-hybridized carbons (Fsp3) is 0.214. The Bertz CT molecular complexity index is 543. The third-order valence-electron chi connectivity index (χ3n) is 2.42. The zero-order valence-corrected chi connectivity index (χ0v) is 12.1. The summed E-state index contributed by atoms with van der Waals surface area (Å²) in [6, 6.07) is 8.02. The van der Waals surface area contributed by atoms with Gasteiger partial charge in [-0.15, -0.1) is 0 Å². The number of nitrogens with one attached hydrogen (secondary N) is 1. The van der Waals surface area contributed by atoms with Crippen molar-refractivity contribution in [3.8, 4) is 11.5 Å². The zero-order valence-electron chi connectivity index (χ0n) is 10.5. The van der Waals surface area contributed by atoms with Gasteiger partial charge >= 0.3 is 0 Å². The smallest absolute Gasteiger partial charge is 0.131 e. The van der Waals surface area contributed by atoms with E-state index in [0.29, 0.717) is 22.5 Å². The number of ether oxygens (including phenoxy) is 1. The van der Waals surface area contributed by atoms with Crippen molar-refractivity contribution in [2.24, 2.45) is 0 Å². The molecule has 19 heavy (non-hydrogen) atoms. The van der Waals surface area contributed by atoms with E-state index in [1.165, 1.54) is 12.1 Å². The van der Waals surface area contributed by atoms with Crippen molar-refractivity contribution in [3.63, 3.8) is 0 Å². The van der Waals surface area contributed by atoms with Gasteiger partial charge in [-0.05, 0) is 24.7 Å². The molecule has 2 aromatic rings. The summed E-state index contributed by atoms with van der Waals surface area (Å²) in [5.74, 6) is 0.749. The number of pyridine rings is 1.